The number of anilines is 1. The smallest absolute Gasteiger partial charge is 0.355 e. The molecule has 0 bridgehead atoms. The molecule has 0 unspecified atom stereocenters. The van der Waals surface area contributed by atoms with Crippen molar-refractivity contribution in [3.63, 3.8) is 0 Å². The summed E-state index contributed by atoms with van der Waals surface area (Å²) < 4.78 is 6.18. The van der Waals surface area contributed by atoms with E-state index in [9.17, 15) is 4.79 Å². The molecule has 1 saturated heterocycles. The molecule has 0 saturated carbocycles. The van der Waals surface area contributed by atoms with Gasteiger partial charge in [0, 0.05) is 23.7 Å². The summed E-state index contributed by atoms with van der Waals surface area (Å²) >= 11 is 0. The first-order chi connectivity index (χ1) is 16.6. The zero-order valence-electron chi connectivity index (χ0n) is 19.2. The number of rotatable bonds is 9. The molecule has 3 aromatic carbocycles. The van der Waals surface area contributed by atoms with Gasteiger partial charge in [-0.2, -0.15) is 0 Å². The minimum atomic E-state index is -0.211. The Morgan fingerprint density at radius 1 is 1.03 bits per heavy atom. The van der Waals surface area contributed by atoms with Gasteiger partial charge in [-0.15, -0.1) is 11.1 Å². The van der Waals surface area contributed by atoms with Crippen LogP contribution in [-0.2, 0) is 11.4 Å². The van der Waals surface area contributed by atoms with Gasteiger partial charge >= 0.3 is 6.03 Å². The van der Waals surface area contributed by atoms with Crippen LogP contribution in [0.4, 0.5) is 10.5 Å². The number of oxime groups is 1. The van der Waals surface area contributed by atoms with E-state index >= 15 is 0 Å². The second-order valence-electron chi connectivity index (χ2n) is 7.68. The second-order valence-corrected chi connectivity index (χ2v) is 7.68. The molecular weight excluding hydrogens is 430 g/mol. The van der Waals surface area contributed by atoms with Crippen molar-refractivity contribution in [2.45, 2.75) is 13.5 Å². The van der Waals surface area contributed by atoms with Crippen LogP contribution in [0.2, 0.25) is 0 Å². The van der Waals surface area contributed by atoms with Crippen LogP contribution in [0.25, 0.3) is 0 Å². The van der Waals surface area contributed by atoms with Crippen molar-refractivity contribution in [2.24, 2.45) is 5.16 Å². The number of nitrogens with one attached hydrogen (secondary N) is 2. The summed E-state index contributed by atoms with van der Waals surface area (Å²) in [4.78, 5) is 17.9. The van der Waals surface area contributed by atoms with Crippen LogP contribution >= 0.6 is 0 Å². The third kappa shape index (κ3) is 5.09. The minimum absolute atomic E-state index is 0.211. The molecule has 0 radical (unpaired) electrons. The fraction of sp³-hybridized carbons (Fsp3) is 0.154. The van der Waals surface area contributed by atoms with Crippen LogP contribution < -0.4 is 20.8 Å². The molecule has 1 aliphatic heterocycles. The molecular formula is C26H27N5O3. The topological polar surface area (TPSA) is 78.4 Å². The van der Waals surface area contributed by atoms with E-state index in [2.05, 4.69) is 22.8 Å². The van der Waals surface area contributed by atoms with Crippen LogP contribution in [0.15, 0.2) is 90.6 Å². The number of benzene rings is 3. The van der Waals surface area contributed by atoms with Gasteiger partial charge in [0.25, 0.3) is 0 Å². The van der Waals surface area contributed by atoms with Crippen LogP contribution in [0.1, 0.15) is 22.3 Å². The van der Waals surface area contributed by atoms with Crippen LogP contribution in [0.5, 0.6) is 5.75 Å². The Bertz CT molecular complexity index is 1200. The first kappa shape index (κ1) is 23.0. The molecule has 4 rings (SSSR count). The largest absolute Gasteiger partial charge is 0.489 e. The number of carbonyl (C=O) groups is 1. The molecule has 0 aromatic heterocycles. The Balaban J connectivity index is 1.58. The number of ether oxygens (including phenoxy) is 1. The molecule has 174 valence electrons. The van der Waals surface area contributed by atoms with Gasteiger partial charge in [-0.25, -0.2) is 14.8 Å². The van der Waals surface area contributed by atoms with E-state index in [1.165, 1.54) is 10.0 Å². The highest BCUT2D eigenvalue weighted by atomic mass is 16.6. The summed E-state index contributed by atoms with van der Waals surface area (Å²) in [6.07, 6.45) is 1.65. The number of hydrogen-bond acceptors (Lipinski definition) is 6. The van der Waals surface area contributed by atoms with Crippen LogP contribution in [-0.4, -0.2) is 30.4 Å². The van der Waals surface area contributed by atoms with Gasteiger partial charge in [-0.1, -0.05) is 72.4 Å². The van der Waals surface area contributed by atoms with Gasteiger partial charge in [-0.3, -0.25) is 0 Å². The van der Waals surface area contributed by atoms with Gasteiger partial charge in [0.2, 0.25) is 0 Å². The van der Waals surface area contributed by atoms with Crippen LogP contribution in [0.3, 0.4) is 0 Å². The molecule has 2 amide bonds. The zero-order chi connectivity index (χ0) is 23.9. The molecule has 0 atom stereocenters. The molecule has 2 N–H and O–H groups in total. The van der Waals surface area contributed by atoms with Crippen molar-refractivity contribution >= 4 is 17.4 Å². The lowest BCUT2D eigenvalue weighted by atomic mass is 10.0. The van der Waals surface area contributed by atoms with E-state index in [1.807, 2.05) is 79.7 Å². The van der Waals surface area contributed by atoms with E-state index in [-0.39, 0.29) is 12.6 Å². The third-order valence-electron chi connectivity index (χ3n) is 5.32. The summed E-state index contributed by atoms with van der Waals surface area (Å²) in [5.74, 6) is 0.676. The average Bonchev–Trinajstić information content (AvgIpc) is 3.19. The first-order valence-corrected chi connectivity index (χ1v) is 10.9. The molecule has 0 aliphatic carbocycles. The van der Waals surface area contributed by atoms with Crippen molar-refractivity contribution in [1.29, 1.82) is 0 Å². The van der Waals surface area contributed by atoms with Gasteiger partial charge < -0.3 is 9.57 Å². The highest BCUT2D eigenvalue weighted by Gasteiger charge is 2.28. The summed E-state index contributed by atoms with van der Waals surface area (Å²) in [6.45, 7) is 6.26. The lowest BCUT2D eigenvalue weighted by Gasteiger charge is -2.20. The Morgan fingerprint density at radius 2 is 1.79 bits per heavy atom. The number of urea groups is 1. The third-order valence-corrected chi connectivity index (χ3v) is 5.32. The number of hydrogen-bond donors (Lipinski definition) is 2. The van der Waals surface area contributed by atoms with Crippen molar-refractivity contribution in [3.05, 3.63) is 108 Å². The normalized spacial score (nSPS) is 13.8. The predicted molar refractivity (Wildman–Crippen MR) is 132 cm³/mol. The lowest BCUT2D eigenvalue weighted by Crippen LogP contribution is -2.38. The Hall–Kier alpha value is -4.14. The Morgan fingerprint density at radius 3 is 2.53 bits per heavy atom. The quantitative estimate of drug-likeness (QED) is 0.217. The summed E-state index contributed by atoms with van der Waals surface area (Å²) in [5, 5.41) is 7.16. The zero-order valence-corrected chi connectivity index (χ0v) is 19.2. The maximum Gasteiger partial charge on any atom is 0.355 e. The van der Waals surface area contributed by atoms with Crippen molar-refractivity contribution in [2.75, 3.05) is 18.7 Å². The summed E-state index contributed by atoms with van der Waals surface area (Å²) in [6, 6.07) is 23.1. The van der Waals surface area contributed by atoms with Gasteiger partial charge in [0.1, 0.15) is 24.7 Å². The lowest BCUT2D eigenvalue weighted by molar-refractivity contribution is 0.175. The summed E-state index contributed by atoms with van der Waals surface area (Å²) in [5.41, 5.74) is 10.8. The Labute approximate surface area is 199 Å². The van der Waals surface area contributed by atoms with Gasteiger partial charge in [0.15, 0.2) is 0 Å². The molecule has 1 heterocycles. The fourth-order valence-electron chi connectivity index (χ4n) is 3.53. The fourth-order valence-corrected chi connectivity index (χ4v) is 3.53. The number of aryl methyl sites for hydroxylation is 1. The molecule has 8 nitrogen and oxygen atoms in total. The molecule has 1 aliphatic rings. The summed E-state index contributed by atoms with van der Waals surface area (Å²) in [7, 11) is 1.65. The molecule has 3 aromatic rings. The van der Waals surface area contributed by atoms with Gasteiger partial charge in [0.05, 0.1) is 5.69 Å². The number of carbonyl (C=O) groups excluding carboxylic acids is 1. The van der Waals surface area contributed by atoms with Crippen molar-refractivity contribution < 1.29 is 14.4 Å². The van der Waals surface area contributed by atoms with E-state index in [1.54, 1.807) is 13.1 Å². The van der Waals surface area contributed by atoms with Crippen LogP contribution in [0, 0.1) is 6.92 Å². The maximum atomic E-state index is 12.5. The molecule has 8 heteroatoms. The second kappa shape index (κ2) is 10.7. The van der Waals surface area contributed by atoms with E-state index in [0.29, 0.717) is 18.1 Å². The van der Waals surface area contributed by atoms with Crippen molar-refractivity contribution in [1.82, 2.24) is 16.1 Å². The first-order valence-electron chi connectivity index (χ1n) is 10.9. The van der Waals surface area contributed by atoms with Crippen molar-refractivity contribution in [3.8, 4) is 5.75 Å². The molecule has 1 fully saturated rings. The van der Waals surface area contributed by atoms with E-state index in [4.69, 9.17) is 9.57 Å². The monoisotopic (exact) mass is 457 g/mol. The number of nitrogens with zero attached hydrogens (tertiary/aromatic N) is 3. The highest BCUT2D eigenvalue weighted by molar-refractivity contribution is 6.12. The number of hydrazine groups is 3. The highest BCUT2D eigenvalue weighted by Crippen LogP contribution is 2.27. The Kier molecular flexibility index (Phi) is 7.22. The minimum Gasteiger partial charge on any atom is -0.489 e. The van der Waals surface area contributed by atoms with E-state index in [0.717, 1.165) is 27.9 Å². The average molecular weight is 458 g/mol. The van der Waals surface area contributed by atoms with Gasteiger partial charge in [-0.05, 0) is 30.7 Å². The maximum absolute atomic E-state index is 12.5. The SMILES string of the molecule is C=CCON=C(c1ccccc1)c1cccc(OCc2c(C)cccc2N2NNN(C)C2=O)c1. The predicted octanol–water partition coefficient (Wildman–Crippen LogP) is 4.33. The molecule has 34 heavy (non-hydrogen) atoms. The van der Waals surface area contributed by atoms with E-state index < -0.39 is 0 Å². The number of amides is 2. The molecule has 0 spiro atoms. The standard InChI is InChI=1S/C26H27N5O3/c1-4-16-34-27-25(20-11-6-5-7-12-20)21-13-9-14-22(17-21)33-18-23-19(2)10-8-15-24(23)31-26(32)30(3)28-29-31/h4-15,17,28-29H,1,16,18H2,2-3H3.